The molecule has 4 rings (SSSR count). The zero-order chi connectivity index (χ0) is 18.8. The highest BCUT2D eigenvalue weighted by Gasteiger charge is 2.36. The van der Waals surface area contributed by atoms with E-state index < -0.39 is 11.6 Å². The number of nitrogens with one attached hydrogen (secondary N) is 1. The van der Waals surface area contributed by atoms with Gasteiger partial charge in [0.1, 0.15) is 5.01 Å². The summed E-state index contributed by atoms with van der Waals surface area (Å²) >= 11 is 1.57. The summed E-state index contributed by atoms with van der Waals surface area (Å²) < 4.78 is 26.7. The molecule has 1 saturated heterocycles. The van der Waals surface area contributed by atoms with E-state index in [4.69, 9.17) is 0 Å². The molecule has 2 heterocycles. The fourth-order valence-electron chi connectivity index (χ4n) is 3.79. The third-order valence-corrected chi connectivity index (χ3v) is 6.23. The van der Waals surface area contributed by atoms with Crippen LogP contribution >= 0.6 is 11.3 Å². The Morgan fingerprint density at radius 1 is 1.30 bits per heavy atom. The molecule has 1 N–H and O–H groups in total. The second-order valence-corrected chi connectivity index (χ2v) is 8.44. The Hall–Kier alpha value is -1.86. The van der Waals surface area contributed by atoms with E-state index in [-0.39, 0.29) is 23.8 Å². The van der Waals surface area contributed by atoms with Crippen LogP contribution in [0.25, 0.3) is 0 Å². The molecule has 0 radical (unpaired) electrons. The lowest BCUT2D eigenvalue weighted by Gasteiger charge is -2.36. The first-order chi connectivity index (χ1) is 13.1. The smallest absolute Gasteiger partial charge is 0.223 e. The molecule has 0 unspecified atom stereocenters. The number of halogens is 2. The highest BCUT2D eigenvalue weighted by atomic mass is 32.1. The van der Waals surface area contributed by atoms with Gasteiger partial charge in [-0.15, -0.1) is 11.3 Å². The van der Waals surface area contributed by atoms with E-state index in [1.165, 1.54) is 12.1 Å². The molecule has 2 aromatic rings. The molecular weight excluding hydrogens is 368 g/mol. The molecule has 0 bridgehead atoms. The monoisotopic (exact) mass is 391 g/mol. The highest BCUT2D eigenvalue weighted by Crippen LogP contribution is 2.34. The maximum atomic E-state index is 13.5. The molecule has 0 spiro atoms. The zero-order valence-corrected chi connectivity index (χ0v) is 15.9. The summed E-state index contributed by atoms with van der Waals surface area (Å²) in [6.07, 6.45) is 5.75. The van der Waals surface area contributed by atoms with Crippen molar-refractivity contribution in [2.45, 2.75) is 38.3 Å². The van der Waals surface area contributed by atoms with Gasteiger partial charge in [0.25, 0.3) is 0 Å². The van der Waals surface area contributed by atoms with Crippen molar-refractivity contribution in [2.24, 2.45) is 11.8 Å². The Morgan fingerprint density at radius 2 is 2.15 bits per heavy atom. The molecule has 2 aliphatic rings. The van der Waals surface area contributed by atoms with Crippen molar-refractivity contribution in [3.05, 3.63) is 52.0 Å². The molecule has 1 aromatic carbocycles. The number of benzene rings is 1. The van der Waals surface area contributed by atoms with Crippen LogP contribution in [0, 0.1) is 23.5 Å². The zero-order valence-electron chi connectivity index (χ0n) is 15.0. The van der Waals surface area contributed by atoms with Gasteiger partial charge in [0.15, 0.2) is 11.6 Å². The fraction of sp³-hybridized carbons (Fsp3) is 0.500. The summed E-state index contributed by atoms with van der Waals surface area (Å²) in [5, 5.41) is 6.11. The number of nitrogens with zero attached hydrogens (tertiary/aromatic N) is 2. The fourth-order valence-corrected chi connectivity index (χ4v) is 4.57. The van der Waals surface area contributed by atoms with E-state index in [9.17, 15) is 13.6 Å². The Kier molecular flexibility index (Phi) is 5.50. The number of aromatic nitrogens is 1. The standard InChI is InChI=1S/C20H23F2N3OS/c21-16-6-3-13(10-17(16)22)11-25-8-1-2-15(12-25)18(20-23-7-9-27-20)24-19(26)14-4-5-14/h3,6-7,9-10,14-15,18H,1-2,4-5,8,11-12H2,(H,24,26)/t15-,18-/m0/s1. The second-order valence-electron chi connectivity index (χ2n) is 7.52. The van der Waals surface area contributed by atoms with Gasteiger partial charge in [-0.05, 0) is 55.8 Å². The highest BCUT2D eigenvalue weighted by molar-refractivity contribution is 7.09. The van der Waals surface area contributed by atoms with Gasteiger partial charge < -0.3 is 5.32 Å². The van der Waals surface area contributed by atoms with Gasteiger partial charge in [-0.3, -0.25) is 9.69 Å². The van der Waals surface area contributed by atoms with E-state index in [1.54, 1.807) is 23.6 Å². The predicted octanol–water partition coefficient (Wildman–Crippen LogP) is 3.90. The maximum Gasteiger partial charge on any atom is 0.223 e. The van der Waals surface area contributed by atoms with Crippen molar-refractivity contribution in [2.75, 3.05) is 13.1 Å². The number of amides is 1. The normalized spacial score (nSPS) is 21.8. The van der Waals surface area contributed by atoms with E-state index in [2.05, 4.69) is 15.2 Å². The number of hydrogen-bond acceptors (Lipinski definition) is 4. The van der Waals surface area contributed by atoms with Crippen LogP contribution in [0.2, 0.25) is 0 Å². The second kappa shape index (κ2) is 8.02. The van der Waals surface area contributed by atoms with Crippen molar-refractivity contribution in [1.82, 2.24) is 15.2 Å². The van der Waals surface area contributed by atoms with E-state index in [0.717, 1.165) is 49.3 Å². The van der Waals surface area contributed by atoms with Gasteiger partial charge in [0.05, 0.1) is 6.04 Å². The van der Waals surface area contributed by atoms with Gasteiger partial charge in [0, 0.05) is 30.6 Å². The molecule has 1 amide bonds. The van der Waals surface area contributed by atoms with Crippen molar-refractivity contribution >= 4 is 17.2 Å². The van der Waals surface area contributed by atoms with Crippen LogP contribution in [0.5, 0.6) is 0 Å². The number of hydrogen-bond donors (Lipinski definition) is 1. The van der Waals surface area contributed by atoms with Crippen molar-refractivity contribution in [1.29, 1.82) is 0 Å². The van der Waals surface area contributed by atoms with Crippen LogP contribution in [0.3, 0.4) is 0 Å². The summed E-state index contributed by atoms with van der Waals surface area (Å²) in [7, 11) is 0. The van der Waals surface area contributed by atoms with E-state index in [0.29, 0.717) is 6.54 Å². The number of likely N-dealkylation sites (tertiary alicyclic amines) is 1. The van der Waals surface area contributed by atoms with Crippen LogP contribution in [-0.2, 0) is 11.3 Å². The molecule has 2 fully saturated rings. The van der Waals surface area contributed by atoms with Crippen molar-refractivity contribution in [3.8, 4) is 0 Å². The van der Waals surface area contributed by atoms with Gasteiger partial charge in [-0.2, -0.15) is 0 Å². The molecule has 27 heavy (non-hydrogen) atoms. The first-order valence-corrected chi connectivity index (χ1v) is 10.3. The summed E-state index contributed by atoms with van der Waals surface area (Å²) in [5.41, 5.74) is 0.766. The third kappa shape index (κ3) is 4.52. The molecule has 2 atom stereocenters. The Labute approximate surface area is 161 Å². The maximum absolute atomic E-state index is 13.5. The molecule has 1 aliphatic carbocycles. The quantitative estimate of drug-likeness (QED) is 0.812. The van der Waals surface area contributed by atoms with Crippen LogP contribution in [0.15, 0.2) is 29.8 Å². The summed E-state index contributed by atoms with van der Waals surface area (Å²) in [6, 6.07) is 4.01. The molecule has 144 valence electrons. The SMILES string of the molecule is O=C(N[C@H](c1nccs1)[C@H]1CCCN(Cc2ccc(F)c(F)c2)C1)C1CC1. The third-order valence-electron chi connectivity index (χ3n) is 5.37. The van der Waals surface area contributed by atoms with Gasteiger partial charge in [0.2, 0.25) is 5.91 Å². The lowest BCUT2D eigenvalue weighted by atomic mass is 9.90. The van der Waals surface area contributed by atoms with Gasteiger partial charge in [-0.25, -0.2) is 13.8 Å². The number of rotatable bonds is 6. The largest absolute Gasteiger partial charge is 0.346 e. The summed E-state index contributed by atoms with van der Waals surface area (Å²) in [6.45, 7) is 2.29. The lowest BCUT2D eigenvalue weighted by Crippen LogP contribution is -2.43. The molecule has 1 aromatic heterocycles. The first kappa shape index (κ1) is 18.5. The van der Waals surface area contributed by atoms with Crippen LogP contribution in [-0.4, -0.2) is 28.9 Å². The van der Waals surface area contributed by atoms with Gasteiger partial charge in [-0.1, -0.05) is 6.07 Å². The van der Waals surface area contributed by atoms with Crippen LogP contribution in [0.1, 0.15) is 42.3 Å². The average Bonchev–Trinajstić information content (AvgIpc) is 3.38. The van der Waals surface area contributed by atoms with E-state index >= 15 is 0 Å². The number of piperidine rings is 1. The summed E-state index contributed by atoms with van der Waals surface area (Å²) in [5.74, 6) is -1.07. The number of carbonyl (C=O) groups is 1. The van der Waals surface area contributed by atoms with E-state index in [1.807, 2.05) is 5.38 Å². The first-order valence-electron chi connectivity index (χ1n) is 9.46. The summed E-state index contributed by atoms with van der Waals surface area (Å²) in [4.78, 5) is 19.1. The number of carbonyl (C=O) groups excluding carboxylic acids is 1. The Balaban J connectivity index is 1.45. The lowest BCUT2D eigenvalue weighted by molar-refractivity contribution is -0.123. The number of thiazole rings is 1. The molecule has 1 saturated carbocycles. The van der Waals surface area contributed by atoms with Crippen LogP contribution in [0.4, 0.5) is 8.78 Å². The Morgan fingerprint density at radius 3 is 2.85 bits per heavy atom. The minimum atomic E-state index is -0.818. The molecule has 1 aliphatic heterocycles. The molecular formula is C20H23F2N3OS. The van der Waals surface area contributed by atoms with Crippen LogP contribution < -0.4 is 5.32 Å². The van der Waals surface area contributed by atoms with Crippen molar-refractivity contribution in [3.63, 3.8) is 0 Å². The Bertz CT molecular complexity index is 795. The van der Waals surface area contributed by atoms with Gasteiger partial charge >= 0.3 is 0 Å². The predicted molar refractivity (Wildman–Crippen MR) is 100 cm³/mol. The average molecular weight is 391 g/mol. The minimum absolute atomic E-state index is 0.0779. The van der Waals surface area contributed by atoms with Crippen molar-refractivity contribution < 1.29 is 13.6 Å². The molecule has 7 heteroatoms. The molecule has 4 nitrogen and oxygen atoms in total. The topological polar surface area (TPSA) is 45.2 Å². The minimum Gasteiger partial charge on any atom is -0.346 e.